The van der Waals surface area contributed by atoms with E-state index in [0.29, 0.717) is 11.4 Å². The lowest BCUT2D eigenvalue weighted by atomic mass is 10.3. The average Bonchev–Trinajstić information content (AvgIpc) is 2.63. The van der Waals surface area contributed by atoms with E-state index >= 15 is 0 Å². The number of amides is 1. The second-order valence-electron chi connectivity index (χ2n) is 5.99. The van der Waals surface area contributed by atoms with Crippen LogP contribution in [0, 0.1) is 0 Å². The summed E-state index contributed by atoms with van der Waals surface area (Å²) < 4.78 is 6.43. The maximum atomic E-state index is 12.0. The van der Waals surface area contributed by atoms with Gasteiger partial charge >= 0.3 is 0 Å². The number of likely N-dealkylation sites (N-methyl/N-ethyl adjacent to an activating group) is 1. The minimum atomic E-state index is -0.211. The molecule has 6 nitrogen and oxygen atoms in total. The third-order valence-electron chi connectivity index (χ3n) is 4.04. The smallest absolute Gasteiger partial charge is 0.262 e. The maximum Gasteiger partial charge on any atom is 0.262 e. The molecule has 1 aliphatic rings. The Labute approximate surface area is 155 Å². The van der Waals surface area contributed by atoms with Crippen molar-refractivity contribution in [1.29, 1.82) is 0 Å². The van der Waals surface area contributed by atoms with Gasteiger partial charge in [-0.3, -0.25) is 4.79 Å². The molecule has 7 heteroatoms. The number of nitrogens with zero attached hydrogens (tertiary/aromatic N) is 3. The Bertz CT molecular complexity index is 698. The summed E-state index contributed by atoms with van der Waals surface area (Å²) >= 11 is 3.36. The molecule has 3 rings (SSSR count). The van der Waals surface area contributed by atoms with E-state index in [1.54, 1.807) is 6.20 Å². The first-order valence-electron chi connectivity index (χ1n) is 8.18. The van der Waals surface area contributed by atoms with Crippen LogP contribution in [0.1, 0.15) is 0 Å². The molecule has 0 atom stereocenters. The molecule has 2 aromatic rings. The number of carbonyl (C=O) groups excluding carboxylic acids is 1. The third-order valence-corrected chi connectivity index (χ3v) is 4.57. The predicted molar refractivity (Wildman–Crippen MR) is 102 cm³/mol. The fourth-order valence-electron chi connectivity index (χ4n) is 2.56. The van der Waals surface area contributed by atoms with Crippen LogP contribution < -0.4 is 15.0 Å². The number of pyridine rings is 1. The van der Waals surface area contributed by atoms with Crippen molar-refractivity contribution in [3.05, 3.63) is 47.1 Å². The lowest BCUT2D eigenvalue weighted by Crippen LogP contribution is -2.44. The van der Waals surface area contributed by atoms with Crippen LogP contribution in [0.25, 0.3) is 0 Å². The van der Waals surface area contributed by atoms with Gasteiger partial charge in [-0.15, -0.1) is 0 Å². The summed E-state index contributed by atoms with van der Waals surface area (Å²) in [4.78, 5) is 21.0. The van der Waals surface area contributed by atoms with E-state index in [9.17, 15) is 4.79 Å². The zero-order chi connectivity index (χ0) is 17.6. The summed E-state index contributed by atoms with van der Waals surface area (Å²) in [6.07, 6.45) is 1.69. The van der Waals surface area contributed by atoms with Crippen molar-refractivity contribution in [2.75, 3.05) is 50.1 Å². The van der Waals surface area contributed by atoms with E-state index in [2.05, 4.69) is 43.1 Å². The van der Waals surface area contributed by atoms with Crippen LogP contribution >= 0.6 is 15.9 Å². The van der Waals surface area contributed by atoms with Gasteiger partial charge in [0.2, 0.25) is 0 Å². The molecule has 25 heavy (non-hydrogen) atoms. The average molecular weight is 405 g/mol. The molecule has 0 saturated carbocycles. The van der Waals surface area contributed by atoms with Gasteiger partial charge in [0.1, 0.15) is 11.6 Å². The fourth-order valence-corrected chi connectivity index (χ4v) is 2.82. The molecule has 132 valence electrons. The highest BCUT2D eigenvalue weighted by Crippen LogP contribution is 2.17. The SMILES string of the molecule is CN1CCN(c2ccc(NC(=O)COc3ccc(Br)cc3)cn2)CC1. The number of hydrogen-bond acceptors (Lipinski definition) is 5. The molecule has 1 N–H and O–H groups in total. The number of rotatable bonds is 5. The normalized spacial score (nSPS) is 15.0. The Morgan fingerprint density at radius 1 is 1.16 bits per heavy atom. The topological polar surface area (TPSA) is 57.7 Å². The Morgan fingerprint density at radius 2 is 1.88 bits per heavy atom. The first kappa shape index (κ1) is 17.7. The number of carbonyl (C=O) groups is 1. The Morgan fingerprint density at radius 3 is 2.52 bits per heavy atom. The van der Waals surface area contributed by atoms with E-state index in [-0.39, 0.29) is 12.5 Å². The molecule has 2 heterocycles. The van der Waals surface area contributed by atoms with E-state index in [0.717, 1.165) is 36.5 Å². The van der Waals surface area contributed by atoms with Crippen LogP contribution in [0.15, 0.2) is 47.1 Å². The number of hydrogen-bond donors (Lipinski definition) is 1. The summed E-state index contributed by atoms with van der Waals surface area (Å²) in [5.41, 5.74) is 0.669. The molecule has 1 aromatic carbocycles. The number of piperazine rings is 1. The van der Waals surface area contributed by atoms with Crippen molar-refractivity contribution in [3.63, 3.8) is 0 Å². The second kappa shape index (κ2) is 8.31. The van der Waals surface area contributed by atoms with E-state index in [1.807, 2.05) is 36.4 Å². The zero-order valence-electron chi connectivity index (χ0n) is 14.1. The van der Waals surface area contributed by atoms with Gasteiger partial charge < -0.3 is 19.9 Å². The Balaban J connectivity index is 1.49. The number of benzene rings is 1. The standard InChI is InChI=1S/C18H21BrN4O2/c1-22-8-10-23(11-9-22)17-7-4-15(12-20-17)21-18(24)13-25-16-5-2-14(19)3-6-16/h2-7,12H,8-11,13H2,1H3,(H,21,24). The van der Waals surface area contributed by atoms with E-state index < -0.39 is 0 Å². The number of nitrogens with one attached hydrogen (secondary N) is 1. The van der Waals surface area contributed by atoms with Gasteiger partial charge in [0.25, 0.3) is 5.91 Å². The molecule has 1 saturated heterocycles. The van der Waals surface area contributed by atoms with Gasteiger partial charge in [-0.25, -0.2) is 4.98 Å². The van der Waals surface area contributed by atoms with Crippen LogP contribution in [0.2, 0.25) is 0 Å². The number of anilines is 2. The van der Waals surface area contributed by atoms with Crippen LogP contribution in [0.3, 0.4) is 0 Å². The lowest BCUT2D eigenvalue weighted by molar-refractivity contribution is -0.118. The molecule has 0 spiro atoms. The highest BCUT2D eigenvalue weighted by atomic mass is 79.9. The van der Waals surface area contributed by atoms with E-state index in [1.165, 1.54) is 0 Å². The van der Waals surface area contributed by atoms with Gasteiger partial charge in [0, 0.05) is 30.7 Å². The molecular weight excluding hydrogens is 384 g/mol. The third kappa shape index (κ3) is 5.17. The molecule has 1 amide bonds. The van der Waals surface area contributed by atoms with Gasteiger partial charge in [-0.2, -0.15) is 0 Å². The zero-order valence-corrected chi connectivity index (χ0v) is 15.7. The summed E-state index contributed by atoms with van der Waals surface area (Å²) in [6.45, 7) is 3.97. The summed E-state index contributed by atoms with van der Waals surface area (Å²) in [7, 11) is 2.12. The number of halogens is 1. The summed E-state index contributed by atoms with van der Waals surface area (Å²) in [5, 5.41) is 2.80. The van der Waals surface area contributed by atoms with E-state index in [4.69, 9.17) is 4.74 Å². The second-order valence-corrected chi connectivity index (χ2v) is 6.90. The maximum absolute atomic E-state index is 12.0. The molecule has 1 fully saturated rings. The largest absolute Gasteiger partial charge is 0.484 e. The van der Waals surface area contributed by atoms with Crippen molar-refractivity contribution < 1.29 is 9.53 Å². The first-order valence-corrected chi connectivity index (χ1v) is 8.97. The molecule has 0 bridgehead atoms. The van der Waals surface area contributed by atoms with Crippen molar-refractivity contribution in [1.82, 2.24) is 9.88 Å². The highest BCUT2D eigenvalue weighted by Gasteiger charge is 2.15. The Hall–Kier alpha value is -2.12. The summed E-state index contributed by atoms with van der Waals surface area (Å²) in [5.74, 6) is 1.39. The van der Waals surface area contributed by atoms with Gasteiger partial charge in [-0.1, -0.05) is 15.9 Å². The van der Waals surface area contributed by atoms with Gasteiger partial charge in [0.15, 0.2) is 6.61 Å². The van der Waals surface area contributed by atoms with Gasteiger partial charge in [0.05, 0.1) is 11.9 Å². The van der Waals surface area contributed by atoms with Gasteiger partial charge in [-0.05, 0) is 43.4 Å². The minimum absolute atomic E-state index is 0.0398. The highest BCUT2D eigenvalue weighted by molar-refractivity contribution is 9.10. The van der Waals surface area contributed by atoms with Crippen LogP contribution in [0.4, 0.5) is 11.5 Å². The predicted octanol–water partition coefficient (Wildman–Crippen LogP) is 2.61. The molecule has 1 aromatic heterocycles. The molecule has 1 aliphatic heterocycles. The monoisotopic (exact) mass is 404 g/mol. The quantitative estimate of drug-likeness (QED) is 0.829. The van der Waals surface area contributed by atoms with Crippen LogP contribution in [-0.2, 0) is 4.79 Å². The molecule has 0 radical (unpaired) electrons. The first-order chi connectivity index (χ1) is 12.1. The number of ether oxygens (including phenoxy) is 1. The molecule has 0 aliphatic carbocycles. The van der Waals surface area contributed by atoms with Crippen molar-refractivity contribution in [2.45, 2.75) is 0 Å². The molecular formula is C18H21BrN4O2. The van der Waals surface area contributed by atoms with Crippen molar-refractivity contribution in [3.8, 4) is 5.75 Å². The number of aromatic nitrogens is 1. The lowest BCUT2D eigenvalue weighted by Gasteiger charge is -2.33. The van der Waals surface area contributed by atoms with Crippen molar-refractivity contribution >= 4 is 33.3 Å². The minimum Gasteiger partial charge on any atom is -0.484 e. The summed E-state index contributed by atoms with van der Waals surface area (Å²) in [6, 6.07) is 11.2. The molecule has 0 unspecified atom stereocenters. The van der Waals surface area contributed by atoms with Crippen LogP contribution in [-0.4, -0.2) is 55.6 Å². The van der Waals surface area contributed by atoms with Crippen LogP contribution in [0.5, 0.6) is 5.75 Å². The van der Waals surface area contributed by atoms with Crippen molar-refractivity contribution in [2.24, 2.45) is 0 Å². The fraction of sp³-hybridized carbons (Fsp3) is 0.333. The Kier molecular flexibility index (Phi) is 5.88.